The Bertz CT molecular complexity index is 782. The van der Waals surface area contributed by atoms with E-state index in [0.717, 1.165) is 16.1 Å². The van der Waals surface area contributed by atoms with Gasteiger partial charge in [-0.25, -0.2) is 21.6 Å². The van der Waals surface area contributed by atoms with Crippen molar-refractivity contribution < 1.29 is 26.7 Å². The van der Waals surface area contributed by atoms with Crippen LogP contribution < -0.4 is 0 Å². The first-order valence-corrected chi connectivity index (χ1v) is 9.76. The molecule has 0 saturated heterocycles. The lowest BCUT2D eigenvalue weighted by Gasteiger charge is -2.28. The van der Waals surface area contributed by atoms with E-state index in [1.165, 1.54) is 12.1 Å². The summed E-state index contributed by atoms with van der Waals surface area (Å²) in [5.41, 5.74) is 1.56. The second-order valence-electron chi connectivity index (χ2n) is 5.03. The second-order valence-corrected chi connectivity index (χ2v) is 9.50. The summed E-state index contributed by atoms with van der Waals surface area (Å²) in [6, 6.07) is 4.57. The largest absolute Gasteiger partial charge is 0.478 e. The number of sulfonamides is 1. The molecule has 0 aliphatic carbocycles. The molecular weight excluding hydrogens is 318 g/mol. The van der Waals surface area contributed by atoms with Gasteiger partial charge in [-0.3, -0.25) is 0 Å². The van der Waals surface area contributed by atoms with Gasteiger partial charge in [-0.05, 0) is 29.7 Å². The molecule has 116 valence electrons. The van der Waals surface area contributed by atoms with E-state index < -0.39 is 30.9 Å². The lowest BCUT2D eigenvalue weighted by molar-refractivity contribution is 0.0696. The van der Waals surface area contributed by atoms with Crippen molar-refractivity contribution in [1.29, 1.82) is 0 Å². The number of benzene rings is 1. The molecule has 21 heavy (non-hydrogen) atoms. The minimum Gasteiger partial charge on any atom is -0.478 e. The average Bonchev–Trinajstić information content (AvgIpc) is 2.34. The highest BCUT2D eigenvalue weighted by Crippen LogP contribution is 2.23. The number of hydrogen-bond donors (Lipinski definition) is 1. The summed E-state index contributed by atoms with van der Waals surface area (Å²) >= 11 is 0. The number of nitrogens with zero attached hydrogens (tertiary/aromatic N) is 1. The first kappa shape index (κ1) is 15.9. The summed E-state index contributed by atoms with van der Waals surface area (Å²) in [4.78, 5) is 10.9. The smallest absolute Gasteiger partial charge is 0.335 e. The number of sulfone groups is 1. The maximum Gasteiger partial charge on any atom is 0.335 e. The van der Waals surface area contributed by atoms with Crippen molar-refractivity contribution in [3.8, 4) is 0 Å². The Balaban J connectivity index is 2.30. The summed E-state index contributed by atoms with van der Waals surface area (Å²) < 4.78 is 47.6. The Morgan fingerprint density at radius 3 is 2.48 bits per heavy atom. The van der Waals surface area contributed by atoms with Crippen LogP contribution in [0.25, 0.3) is 0 Å². The molecular formula is C12H15NO6S2. The van der Waals surface area contributed by atoms with Crippen LogP contribution in [-0.2, 0) is 32.8 Å². The van der Waals surface area contributed by atoms with Crippen molar-refractivity contribution in [2.24, 2.45) is 0 Å². The third-order valence-electron chi connectivity index (χ3n) is 3.19. The van der Waals surface area contributed by atoms with Crippen LogP contribution in [0.4, 0.5) is 0 Å². The van der Waals surface area contributed by atoms with E-state index in [4.69, 9.17) is 5.11 Å². The van der Waals surface area contributed by atoms with Gasteiger partial charge in [0.25, 0.3) is 0 Å². The molecule has 0 atom stereocenters. The zero-order valence-electron chi connectivity index (χ0n) is 11.3. The van der Waals surface area contributed by atoms with Gasteiger partial charge in [-0.2, -0.15) is 4.31 Å². The zero-order valence-corrected chi connectivity index (χ0v) is 12.9. The highest BCUT2D eigenvalue weighted by Gasteiger charge is 2.30. The van der Waals surface area contributed by atoms with Crippen LogP contribution in [0.2, 0.25) is 0 Å². The van der Waals surface area contributed by atoms with E-state index in [-0.39, 0.29) is 18.7 Å². The van der Waals surface area contributed by atoms with Crippen molar-refractivity contribution >= 4 is 25.8 Å². The minimum absolute atomic E-state index is 0.00565. The Labute approximate surface area is 123 Å². The highest BCUT2D eigenvalue weighted by molar-refractivity contribution is 8.06. The van der Waals surface area contributed by atoms with Crippen molar-refractivity contribution in [2.45, 2.75) is 13.0 Å². The van der Waals surface area contributed by atoms with Gasteiger partial charge in [0.1, 0.15) is 0 Å². The topological polar surface area (TPSA) is 109 Å². The quantitative estimate of drug-likeness (QED) is 0.835. The average molecular weight is 333 g/mol. The molecule has 1 heterocycles. The van der Waals surface area contributed by atoms with Crippen LogP contribution in [0.5, 0.6) is 0 Å². The van der Waals surface area contributed by atoms with Crippen LogP contribution in [0.15, 0.2) is 18.2 Å². The van der Waals surface area contributed by atoms with Crippen molar-refractivity contribution in [1.82, 2.24) is 4.31 Å². The van der Waals surface area contributed by atoms with Gasteiger partial charge in [0, 0.05) is 19.3 Å². The highest BCUT2D eigenvalue weighted by atomic mass is 32.3. The van der Waals surface area contributed by atoms with E-state index in [2.05, 4.69) is 0 Å². The first-order chi connectivity index (χ1) is 9.58. The molecule has 1 aromatic carbocycles. The van der Waals surface area contributed by atoms with Gasteiger partial charge < -0.3 is 5.11 Å². The van der Waals surface area contributed by atoms with Gasteiger partial charge >= 0.3 is 5.97 Å². The number of fused-ring (bicyclic) bond motifs is 1. The fourth-order valence-corrected chi connectivity index (χ4v) is 5.71. The molecule has 1 aliphatic heterocycles. The van der Waals surface area contributed by atoms with Crippen molar-refractivity contribution in [3.05, 3.63) is 34.9 Å². The molecule has 2 rings (SSSR count). The number of carboxylic acid groups (broad SMARTS) is 1. The van der Waals surface area contributed by atoms with E-state index in [9.17, 15) is 21.6 Å². The standard InChI is InChI=1S/C12H15NO6S2/c1-20(16,17)8-21(18,19)13-5-4-9-2-3-10(12(14)15)6-11(9)7-13/h2-3,6H,4-5,7-8H2,1H3,(H,14,15). The third-order valence-corrected chi connectivity index (χ3v) is 7.19. The van der Waals surface area contributed by atoms with Gasteiger partial charge in [0.2, 0.25) is 10.0 Å². The van der Waals surface area contributed by atoms with Crippen LogP contribution in [0.1, 0.15) is 21.5 Å². The Morgan fingerprint density at radius 1 is 1.24 bits per heavy atom. The molecule has 1 N–H and O–H groups in total. The number of aromatic carboxylic acids is 1. The fraction of sp³-hybridized carbons (Fsp3) is 0.417. The summed E-state index contributed by atoms with van der Waals surface area (Å²) in [6.07, 6.45) is 1.29. The maximum absolute atomic E-state index is 12.1. The Hall–Kier alpha value is -1.45. The predicted octanol–water partition coefficient (Wildman–Crippen LogP) is 0.0748. The number of carboxylic acids is 1. The van der Waals surface area contributed by atoms with Crippen LogP contribution >= 0.6 is 0 Å². The van der Waals surface area contributed by atoms with Gasteiger partial charge in [-0.1, -0.05) is 6.07 Å². The SMILES string of the molecule is CS(=O)(=O)CS(=O)(=O)N1CCc2ccc(C(=O)O)cc2C1. The van der Waals surface area contributed by atoms with E-state index in [1.54, 1.807) is 6.07 Å². The normalized spacial score (nSPS) is 16.4. The predicted molar refractivity (Wildman–Crippen MR) is 76.1 cm³/mol. The fourth-order valence-electron chi connectivity index (χ4n) is 2.25. The Morgan fingerprint density at radius 2 is 1.90 bits per heavy atom. The van der Waals surface area contributed by atoms with Crippen LogP contribution in [-0.4, -0.2) is 50.1 Å². The molecule has 0 aromatic heterocycles. The molecule has 7 nitrogen and oxygen atoms in total. The van der Waals surface area contributed by atoms with Gasteiger partial charge in [-0.15, -0.1) is 0 Å². The van der Waals surface area contributed by atoms with E-state index in [1.807, 2.05) is 0 Å². The molecule has 0 bridgehead atoms. The molecule has 0 fully saturated rings. The lowest BCUT2D eigenvalue weighted by Crippen LogP contribution is -2.39. The third kappa shape index (κ3) is 3.80. The maximum atomic E-state index is 12.1. The summed E-state index contributed by atoms with van der Waals surface area (Å²) in [6.45, 7) is 0.186. The molecule has 1 aliphatic rings. The molecule has 0 saturated carbocycles. The molecule has 1 aromatic rings. The van der Waals surface area contributed by atoms with Gasteiger partial charge in [0.15, 0.2) is 14.9 Å². The zero-order chi connectivity index (χ0) is 15.8. The summed E-state index contributed by atoms with van der Waals surface area (Å²) in [7, 11) is -7.57. The van der Waals surface area contributed by atoms with Gasteiger partial charge in [0.05, 0.1) is 5.56 Å². The second kappa shape index (κ2) is 5.39. The molecule has 0 spiro atoms. The Kier molecular flexibility index (Phi) is 4.09. The molecule has 0 amide bonds. The van der Waals surface area contributed by atoms with Crippen molar-refractivity contribution in [3.63, 3.8) is 0 Å². The molecule has 0 unspecified atom stereocenters. The lowest BCUT2D eigenvalue weighted by atomic mass is 9.99. The summed E-state index contributed by atoms with van der Waals surface area (Å²) in [5, 5.41) is 8.02. The minimum atomic E-state index is -3.92. The number of carbonyl (C=O) groups is 1. The van der Waals surface area contributed by atoms with Crippen molar-refractivity contribution in [2.75, 3.05) is 17.9 Å². The number of rotatable bonds is 4. The monoisotopic (exact) mass is 333 g/mol. The summed E-state index contributed by atoms with van der Waals surface area (Å²) in [5.74, 6) is -1.09. The van der Waals surface area contributed by atoms with E-state index in [0.29, 0.717) is 12.0 Å². The first-order valence-electron chi connectivity index (χ1n) is 6.09. The molecule has 9 heteroatoms. The van der Waals surface area contributed by atoms with E-state index >= 15 is 0 Å². The van der Waals surface area contributed by atoms with Crippen LogP contribution in [0.3, 0.4) is 0 Å². The molecule has 0 radical (unpaired) electrons. The van der Waals surface area contributed by atoms with Crippen LogP contribution in [0, 0.1) is 0 Å². The number of hydrogen-bond acceptors (Lipinski definition) is 5.